The maximum atomic E-state index is 8.98. The van der Waals surface area contributed by atoms with E-state index in [4.69, 9.17) is 11.0 Å². The van der Waals surface area contributed by atoms with E-state index in [1.165, 1.54) is 22.7 Å². The lowest BCUT2D eigenvalue weighted by Crippen LogP contribution is -2.02. The van der Waals surface area contributed by atoms with Gasteiger partial charge >= 0.3 is 0 Å². The first kappa shape index (κ1) is 12.4. The van der Waals surface area contributed by atoms with Crippen LogP contribution in [0.3, 0.4) is 0 Å². The van der Waals surface area contributed by atoms with Crippen LogP contribution in [0.5, 0.6) is 0 Å². The molecule has 0 atom stereocenters. The van der Waals surface area contributed by atoms with Gasteiger partial charge in [0.25, 0.3) is 0 Å². The zero-order valence-electron chi connectivity index (χ0n) is 10.1. The van der Waals surface area contributed by atoms with Crippen LogP contribution in [0.2, 0.25) is 0 Å². The number of nitrogens with zero attached hydrogens (tertiary/aromatic N) is 2. The Labute approximate surface area is 110 Å². The van der Waals surface area contributed by atoms with Crippen molar-refractivity contribution in [1.82, 2.24) is 4.37 Å². The van der Waals surface area contributed by atoms with Gasteiger partial charge in [-0.25, -0.2) is 0 Å². The molecule has 0 radical (unpaired) electrons. The zero-order chi connectivity index (χ0) is 13.0. The molecule has 0 aliphatic rings. The second-order valence-corrected chi connectivity index (χ2v) is 4.63. The SMILES string of the molecule is CCc1ccccc1CNc1snc(N)c1C#N. The van der Waals surface area contributed by atoms with E-state index < -0.39 is 0 Å². The summed E-state index contributed by atoms with van der Waals surface area (Å²) in [5.74, 6) is 0.300. The molecule has 0 saturated heterocycles. The molecule has 0 fully saturated rings. The van der Waals surface area contributed by atoms with Crippen LogP contribution in [-0.2, 0) is 13.0 Å². The summed E-state index contributed by atoms with van der Waals surface area (Å²) in [4.78, 5) is 0. The van der Waals surface area contributed by atoms with Crippen molar-refractivity contribution >= 4 is 22.4 Å². The van der Waals surface area contributed by atoms with Crippen molar-refractivity contribution in [1.29, 1.82) is 5.26 Å². The topological polar surface area (TPSA) is 74.7 Å². The van der Waals surface area contributed by atoms with Crippen molar-refractivity contribution in [3.05, 3.63) is 41.0 Å². The van der Waals surface area contributed by atoms with E-state index in [9.17, 15) is 0 Å². The smallest absolute Gasteiger partial charge is 0.157 e. The summed E-state index contributed by atoms with van der Waals surface area (Å²) >= 11 is 1.22. The van der Waals surface area contributed by atoms with Crippen LogP contribution in [-0.4, -0.2) is 4.37 Å². The second kappa shape index (κ2) is 5.52. The molecule has 18 heavy (non-hydrogen) atoms. The van der Waals surface area contributed by atoms with Gasteiger partial charge in [0.1, 0.15) is 16.6 Å². The molecule has 0 unspecified atom stereocenters. The van der Waals surface area contributed by atoms with Gasteiger partial charge in [-0.15, -0.1) is 0 Å². The number of nitrogens with one attached hydrogen (secondary N) is 1. The predicted molar refractivity (Wildman–Crippen MR) is 74.4 cm³/mol. The highest BCUT2D eigenvalue weighted by Crippen LogP contribution is 2.26. The highest BCUT2D eigenvalue weighted by Gasteiger charge is 2.10. The van der Waals surface area contributed by atoms with Crippen LogP contribution in [0.25, 0.3) is 0 Å². The number of aryl methyl sites for hydroxylation is 1. The van der Waals surface area contributed by atoms with Crippen LogP contribution in [0.15, 0.2) is 24.3 Å². The van der Waals surface area contributed by atoms with E-state index in [1.807, 2.05) is 12.1 Å². The molecule has 2 aromatic rings. The van der Waals surface area contributed by atoms with Gasteiger partial charge in [0.2, 0.25) is 0 Å². The average molecular weight is 258 g/mol. The van der Waals surface area contributed by atoms with Gasteiger partial charge in [-0.3, -0.25) is 0 Å². The van der Waals surface area contributed by atoms with E-state index in [0.717, 1.165) is 11.4 Å². The Morgan fingerprint density at radius 3 is 2.78 bits per heavy atom. The Hall–Kier alpha value is -2.06. The number of nitrogen functional groups attached to an aromatic ring is 1. The third-order valence-electron chi connectivity index (χ3n) is 2.77. The monoisotopic (exact) mass is 258 g/mol. The summed E-state index contributed by atoms with van der Waals surface area (Å²) in [6.07, 6.45) is 0.994. The number of rotatable bonds is 4. The van der Waals surface area contributed by atoms with Crippen LogP contribution >= 0.6 is 11.5 Å². The summed E-state index contributed by atoms with van der Waals surface area (Å²) in [6.45, 7) is 2.81. The summed E-state index contributed by atoms with van der Waals surface area (Å²) < 4.78 is 3.98. The zero-order valence-corrected chi connectivity index (χ0v) is 10.9. The summed E-state index contributed by atoms with van der Waals surface area (Å²) in [7, 11) is 0. The van der Waals surface area contributed by atoms with E-state index in [2.05, 4.69) is 34.8 Å². The molecule has 5 heteroatoms. The van der Waals surface area contributed by atoms with Crippen molar-refractivity contribution in [2.45, 2.75) is 19.9 Å². The molecule has 0 saturated carbocycles. The van der Waals surface area contributed by atoms with Gasteiger partial charge < -0.3 is 11.1 Å². The van der Waals surface area contributed by atoms with Gasteiger partial charge in [-0.2, -0.15) is 9.64 Å². The molecule has 0 amide bonds. The molecule has 0 aliphatic heterocycles. The van der Waals surface area contributed by atoms with E-state index in [-0.39, 0.29) is 0 Å². The second-order valence-electron chi connectivity index (χ2n) is 3.86. The third-order valence-corrected chi connectivity index (χ3v) is 3.59. The number of hydrogen-bond acceptors (Lipinski definition) is 5. The molecular formula is C13H14N4S. The Morgan fingerprint density at radius 2 is 2.11 bits per heavy atom. The van der Waals surface area contributed by atoms with Crippen molar-refractivity contribution < 1.29 is 0 Å². The number of anilines is 2. The fourth-order valence-electron chi connectivity index (χ4n) is 1.78. The third kappa shape index (κ3) is 2.44. The molecule has 92 valence electrons. The van der Waals surface area contributed by atoms with Gasteiger partial charge in [0.05, 0.1) is 0 Å². The van der Waals surface area contributed by atoms with Crippen LogP contribution < -0.4 is 11.1 Å². The highest BCUT2D eigenvalue weighted by atomic mass is 32.1. The molecule has 0 aliphatic carbocycles. The molecule has 0 bridgehead atoms. The minimum atomic E-state index is 0.300. The first-order valence-corrected chi connectivity index (χ1v) is 6.49. The largest absolute Gasteiger partial charge is 0.382 e. The lowest BCUT2D eigenvalue weighted by Gasteiger charge is -2.08. The fourth-order valence-corrected chi connectivity index (χ4v) is 2.44. The maximum Gasteiger partial charge on any atom is 0.157 e. The summed E-state index contributed by atoms with van der Waals surface area (Å²) in [6, 6.07) is 10.3. The minimum absolute atomic E-state index is 0.300. The fraction of sp³-hybridized carbons (Fsp3) is 0.231. The molecule has 0 spiro atoms. The molecule has 1 aromatic carbocycles. The van der Waals surface area contributed by atoms with E-state index in [0.29, 0.717) is 17.9 Å². The highest BCUT2D eigenvalue weighted by molar-refractivity contribution is 7.10. The number of nitrogens with two attached hydrogens (primary N) is 1. The van der Waals surface area contributed by atoms with Gasteiger partial charge in [-0.05, 0) is 29.1 Å². The maximum absolute atomic E-state index is 8.98. The number of nitriles is 1. The van der Waals surface area contributed by atoms with E-state index in [1.54, 1.807) is 0 Å². The van der Waals surface area contributed by atoms with Crippen molar-refractivity contribution in [2.75, 3.05) is 11.1 Å². The van der Waals surface area contributed by atoms with Crippen molar-refractivity contribution in [3.8, 4) is 6.07 Å². The first-order valence-electron chi connectivity index (χ1n) is 5.72. The molecule has 1 heterocycles. The molecule has 2 rings (SSSR count). The first-order chi connectivity index (χ1) is 8.76. The number of benzene rings is 1. The van der Waals surface area contributed by atoms with Crippen molar-refractivity contribution in [2.24, 2.45) is 0 Å². The van der Waals surface area contributed by atoms with Crippen LogP contribution in [0, 0.1) is 11.3 Å². The minimum Gasteiger partial charge on any atom is -0.382 e. The van der Waals surface area contributed by atoms with Crippen LogP contribution in [0.4, 0.5) is 10.8 Å². The molecule has 4 nitrogen and oxygen atoms in total. The quantitative estimate of drug-likeness (QED) is 0.884. The Balaban J connectivity index is 2.14. The summed E-state index contributed by atoms with van der Waals surface area (Å²) in [5.41, 5.74) is 8.59. The average Bonchev–Trinajstić information content (AvgIpc) is 2.77. The van der Waals surface area contributed by atoms with Crippen molar-refractivity contribution in [3.63, 3.8) is 0 Å². The predicted octanol–water partition coefficient (Wildman–Crippen LogP) is 2.77. The standard InChI is InChI=1S/C13H14N4S/c1-2-9-5-3-4-6-10(9)8-16-13-11(7-14)12(15)17-18-13/h3-6,16H,2,8H2,1H3,(H2,15,17). The van der Waals surface area contributed by atoms with Gasteiger partial charge in [0, 0.05) is 6.54 Å². The van der Waals surface area contributed by atoms with E-state index >= 15 is 0 Å². The lowest BCUT2D eigenvalue weighted by molar-refractivity contribution is 1.05. The number of aromatic nitrogens is 1. The Morgan fingerprint density at radius 1 is 1.39 bits per heavy atom. The normalized spacial score (nSPS) is 10.0. The molecule has 1 aromatic heterocycles. The molecular weight excluding hydrogens is 244 g/mol. The van der Waals surface area contributed by atoms with Crippen LogP contribution in [0.1, 0.15) is 23.6 Å². The van der Waals surface area contributed by atoms with Gasteiger partial charge in [-0.1, -0.05) is 31.2 Å². The Bertz CT molecular complexity index is 583. The molecule has 3 N–H and O–H groups in total. The number of hydrogen-bond donors (Lipinski definition) is 2. The van der Waals surface area contributed by atoms with Gasteiger partial charge in [0.15, 0.2) is 5.82 Å². The lowest BCUT2D eigenvalue weighted by atomic mass is 10.1. The summed E-state index contributed by atoms with van der Waals surface area (Å²) in [5, 5.41) is 12.9. The Kier molecular flexibility index (Phi) is 3.80.